The van der Waals surface area contributed by atoms with E-state index in [4.69, 9.17) is 37.9 Å². The number of likely N-dealkylation sites (tertiary alicyclic amines) is 1. The topological polar surface area (TPSA) is 78.3 Å². The van der Waals surface area contributed by atoms with Crippen LogP contribution in [0.5, 0.6) is 5.75 Å². The standard InChI is InChI=1S/C44H53Cl2N5O3/c1-7-54-38-25-39(43(2,3)4)47-26-37(38)41(48-44(5,6)34-14-18-36(46)19-15-34)51(27-31-12-16-35(45)17-13-31)42(53)49-22-20-30(21-23-49)24-40(52)50-28-32-10-8-9-11-33(32)29-50/h8-14,16-19,25-26,30,34H,7,15,20-24,27-29H2,1-6H3/b48-41-. The summed E-state index contributed by atoms with van der Waals surface area (Å²) in [5.74, 6) is 1.55. The number of aliphatic imine (C=N–C) groups is 1. The lowest BCUT2D eigenvalue weighted by atomic mass is 9.83. The molecule has 3 heterocycles. The molecule has 1 aromatic heterocycles. The molecule has 2 aliphatic heterocycles. The molecule has 6 rings (SSSR count). The van der Waals surface area contributed by atoms with E-state index in [2.05, 4.69) is 52.8 Å². The van der Waals surface area contributed by atoms with Gasteiger partial charge >= 0.3 is 6.03 Å². The number of piperidine rings is 1. The summed E-state index contributed by atoms with van der Waals surface area (Å²) in [6.07, 6.45) is 10.6. The fourth-order valence-electron chi connectivity index (χ4n) is 7.42. The molecule has 1 aliphatic carbocycles. The number of carbonyl (C=O) groups excluding carboxylic acids is 2. The van der Waals surface area contributed by atoms with Crippen molar-refractivity contribution in [1.82, 2.24) is 19.7 Å². The van der Waals surface area contributed by atoms with Crippen LogP contribution >= 0.6 is 23.2 Å². The molecule has 3 aliphatic rings. The number of amides is 3. The molecular formula is C44H53Cl2N5O3. The molecule has 8 nitrogen and oxygen atoms in total. The van der Waals surface area contributed by atoms with Crippen molar-refractivity contribution < 1.29 is 14.3 Å². The Morgan fingerprint density at radius 2 is 1.63 bits per heavy atom. The Balaban J connectivity index is 1.32. The van der Waals surface area contributed by atoms with E-state index < -0.39 is 5.54 Å². The first-order valence-electron chi connectivity index (χ1n) is 19.1. The van der Waals surface area contributed by atoms with Crippen molar-refractivity contribution in [3.05, 3.63) is 117 Å². The number of carbonyl (C=O) groups is 2. The van der Waals surface area contributed by atoms with Gasteiger partial charge in [0.05, 0.1) is 24.3 Å². The van der Waals surface area contributed by atoms with Crippen LogP contribution in [0.3, 0.4) is 0 Å². The first kappa shape index (κ1) is 39.6. The number of allylic oxidation sites excluding steroid dienone is 3. The number of hydrogen-bond donors (Lipinski definition) is 0. The van der Waals surface area contributed by atoms with Crippen LogP contribution < -0.4 is 4.74 Å². The first-order chi connectivity index (χ1) is 25.7. The van der Waals surface area contributed by atoms with E-state index in [9.17, 15) is 4.79 Å². The molecule has 0 spiro atoms. The van der Waals surface area contributed by atoms with Crippen molar-refractivity contribution in [3.63, 3.8) is 0 Å². The average molecular weight is 771 g/mol. The number of aromatic nitrogens is 1. The summed E-state index contributed by atoms with van der Waals surface area (Å²) in [7, 11) is 0. The molecule has 10 heteroatoms. The van der Waals surface area contributed by atoms with Gasteiger partial charge < -0.3 is 14.5 Å². The maximum absolute atomic E-state index is 15.0. The summed E-state index contributed by atoms with van der Waals surface area (Å²) < 4.78 is 6.32. The number of fused-ring (bicyclic) bond motifs is 1. The van der Waals surface area contributed by atoms with Crippen molar-refractivity contribution in [2.45, 2.75) is 97.8 Å². The Labute approximate surface area is 330 Å². The molecule has 54 heavy (non-hydrogen) atoms. The number of nitrogens with zero attached hydrogens (tertiary/aromatic N) is 5. The third kappa shape index (κ3) is 9.38. The summed E-state index contributed by atoms with van der Waals surface area (Å²) in [4.78, 5) is 44.5. The predicted octanol–water partition coefficient (Wildman–Crippen LogP) is 9.92. The van der Waals surface area contributed by atoms with Gasteiger partial charge in [-0.05, 0) is 80.9 Å². The molecule has 1 fully saturated rings. The van der Waals surface area contributed by atoms with E-state index in [1.54, 1.807) is 4.90 Å². The zero-order chi connectivity index (χ0) is 38.6. The van der Waals surface area contributed by atoms with Crippen LogP contribution in [-0.2, 0) is 29.8 Å². The molecule has 0 bridgehead atoms. The third-order valence-electron chi connectivity index (χ3n) is 10.8. The van der Waals surface area contributed by atoms with Crippen molar-refractivity contribution in [2.75, 3.05) is 19.7 Å². The van der Waals surface area contributed by atoms with Crippen molar-refractivity contribution in [1.29, 1.82) is 0 Å². The molecule has 2 aromatic carbocycles. The predicted molar refractivity (Wildman–Crippen MR) is 218 cm³/mol. The van der Waals surface area contributed by atoms with E-state index in [0.717, 1.165) is 30.5 Å². The van der Waals surface area contributed by atoms with Gasteiger partial charge in [-0.2, -0.15) is 0 Å². The quantitative estimate of drug-likeness (QED) is 0.160. The normalized spacial score (nSPS) is 18.0. The highest BCUT2D eigenvalue weighted by atomic mass is 35.5. The molecule has 0 N–H and O–H groups in total. The Morgan fingerprint density at radius 1 is 0.963 bits per heavy atom. The minimum atomic E-state index is -0.632. The zero-order valence-corrected chi connectivity index (χ0v) is 34.0. The number of hydrogen-bond acceptors (Lipinski definition) is 5. The molecule has 0 saturated carbocycles. The summed E-state index contributed by atoms with van der Waals surface area (Å²) in [6.45, 7) is 15.6. The van der Waals surface area contributed by atoms with E-state index in [0.29, 0.717) is 66.4 Å². The van der Waals surface area contributed by atoms with Gasteiger partial charge in [-0.1, -0.05) is 92.5 Å². The van der Waals surface area contributed by atoms with Gasteiger partial charge in [-0.25, -0.2) is 4.79 Å². The molecule has 1 unspecified atom stereocenters. The van der Waals surface area contributed by atoms with Crippen LogP contribution in [0.1, 0.15) is 95.2 Å². The maximum atomic E-state index is 15.0. The SMILES string of the molecule is CCOc1cc(C(C)(C)C)ncc1/C(=N/C(C)(C)C1C=CC(Cl)=CC1)N(Cc1ccc(Cl)cc1)C(=O)N1CCC(CC(=O)N2Cc3ccccc3C2)CC1. The Hall–Kier alpha value is -4.14. The van der Waals surface area contributed by atoms with Crippen molar-refractivity contribution >= 4 is 41.0 Å². The molecule has 286 valence electrons. The number of urea groups is 1. The van der Waals surface area contributed by atoms with Crippen LogP contribution in [0, 0.1) is 11.8 Å². The molecule has 0 radical (unpaired) electrons. The van der Waals surface area contributed by atoms with Gasteiger partial charge in [-0.3, -0.25) is 19.7 Å². The van der Waals surface area contributed by atoms with Gasteiger partial charge in [0, 0.05) is 71.9 Å². The summed E-state index contributed by atoms with van der Waals surface area (Å²) in [5.41, 5.74) is 4.05. The van der Waals surface area contributed by atoms with E-state index >= 15 is 4.79 Å². The van der Waals surface area contributed by atoms with Gasteiger partial charge in [0.1, 0.15) is 11.6 Å². The fourth-order valence-corrected chi connectivity index (χ4v) is 7.71. The lowest BCUT2D eigenvalue weighted by Crippen LogP contribution is -2.50. The summed E-state index contributed by atoms with van der Waals surface area (Å²) in [6, 6.07) is 17.7. The fraction of sp³-hybridized carbons (Fsp3) is 0.455. The number of rotatable bonds is 9. The van der Waals surface area contributed by atoms with E-state index in [1.165, 1.54) is 11.1 Å². The molecular weight excluding hydrogens is 717 g/mol. The number of halogens is 2. The van der Waals surface area contributed by atoms with Gasteiger partial charge in [0.15, 0.2) is 0 Å². The largest absolute Gasteiger partial charge is 0.493 e. The first-order valence-corrected chi connectivity index (χ1v) is 19.9. The molecule has 3 aromatic rings. The minimum absolute atomic E-state index is 0.0384. The Morgan fingerprint density at radius 3 is 2.22 bits per heavy atom. The lowest BCUT2D eigenvalue weighted by Gasteiger charge is -2.38. The minimum Gasteiger partial charge on any atom is -0.493 e. The second kappa shape index (κ2) is 16.7. The Bertz CT molecular complexity index is 1900. The highest BCUT2D eigenvalue weighted by Gasteiger charge is 2.36. The Kier molecular flexibility index (Phi) is 12.2. The number of amidine groups is 1. The number of ether oxygens (including phenoxy) is 1. The van der Waals surface area contributed by atoms with Crippen LogP contribution in [0.15, 0.2) is 89.0 Å². The highest BCUT2D eigenvalue weighted by molar-refractivity contribution is 6.31. The third-order valence-corrected chi connectivity index (χ3v) is 11.3. The lowest BCUT2D eigenvalue weighted by molar-refractivity contribution is -0.133. The van der Waals surface area contributed by atoms with Crippen LogP contribution in [0.4, 0.5) is 4.79 Å². The second-order valence-corrected chi connectivity index (χ2v) is 17.1. The molecule has 1 saturated heterocycles. The van der Waals surface area contributed by atoms with E-state index in [1.807, 2.05) is 77.5 Å². The monoisotopic (exact) mass is 769 g/mol. The van der Waals surface area contributed by atoms with Gasteiger partial charge in [0.25, 0.3) is 0 Å². The van der Waals surface area contributed by atoms with Crippen LogP contribution in [-0.4, -0.2) is 62.7 Å². The number of benzene rings is 2. The second-order valence-electron chi connectivity index (χ2n) is 16.3. The van der Waals surface area contributed by atoms with Gasteiger partial charge in [-0.15, -0.1) is 0 Å². The maximum Gasteiger partial charge on any atom is 0.325 e. The highest BCUT2D eigenvalue weighted by Crippen LogP contribution is 2.35. The summed E-state index contributed by atoms with van der Waals surface area (Å²) >= 11 is 12.6. The zero-order valence-electron chi connectivity index (χ0n) is 32.4. The van der Waals surface area contributed by atoms with Gasteiger partial charge in [0.2, 0.25) is 5.91 Å². The molecule has 3 amide bonds. The number of pyridine rings is 1. The summed E-state index contributed by atoms with van der Waals surface area (Å²) in [5, 5.41) is 1.33. The molecule has 1 atom stereocenters. The van der Waals surface area contributed by atoms with E-state index in [-0.39, 0.29) is 35.7 Å². The average Bonchev–Trinajstić information content (AvgIpc) is 3.59. The van der Waals surface area contributed by atoms with Crippen molar-refractivity contribution in [2.24, 2.45) is 16.8 Å². The van der Waals surface area contributed by atoms with Crippen LogP contribution in [0.2, 0.25) is 5.02 Å². The smallest absolute Gasteiger partial charge is 0.325 e. The van der Waals surface area contributed by atoms with Crippen LogP contribution in [0.25, 0.3) is 0 Å². The van der Waals surface area contributed by atoms with Crippen molar-refractivity contribution in [3.8, 4) is 5.75 Å².